The van der Waals surface area contributed by atoms with Gasteiger partial charge in [-0.15, -0.1) is 0 Å². The molecule has 0 spiro atoms. The number of hydrogen-bond acceptors (Lipinski definition) is 4. The highest BCUT2D eigenvalue weighted by Gasteiger charge is 2.19. The van der Waals surface area contributed by atoms with Crippen molar-refractivity contribution in [2.45, 2.75) is 0 Å². The Morgan fingerprint density at radius 1 is 0.351 bits per heavy atom. The van der Waals surface area contributed by atoms with Gasteiger partial charge in [-0.05, 0) is 57.3 Å². The minimum atomic E-state index is 0.681. The fourth-order valence-electron chi connectivity index (χ4n) is 8.04. The van der Waals surface area contributed by atoms with Crippen molar-refractivity contribution in [1.82, 2.24) is 15.0 Å². The fourth-order valence-corrected chi connectivity index (χ4v) is 8.04. The van der Waals surface area contributed by atoms with E-state index in [1.807, 2.05) is 36.4 Å². The van der Waals surface area contributed by atoms with Gasteiger partial charge in [0.05, 0.1) is 28.0 Å². The van der Waals surface area contributed by atoms with E-state index in [2.05, 4.69) is 164 Å². The van der Waals surface area contributed by atoms with Crippen LogP contribution in [0.5, 0.6) is 0 Å². The second-order valence-corrected chi connectivity index (χ2v) is 14.4. The minimum absolute atomic E-state index is 0.681. The Kier molecular flexibility index (Phi) is 7.78. The van der Waals surface area contributed by atoms with Crippen molar-refractivity contribution in [3.8, 4) is 67.4 Å². The van der Waals surface area contributed by atoms with Crippen molar-refractivity contribution in [3.63, 3.8) is 0 Å². The van der Waals surface area contributed by atoms with E-state index in [9.17, 15) is 0 Å². The second-order valence-electron chi connectivity index (χ2n) is 14.4. The molecule has 0 radical (unpaired) electrons. The summed E-state index contributed by atoms with van der Waals surface area (Å²) in [5.74, 6) is 0.681. The lowest BCUT2D eigenvalue weighted by Gasteiger charge is -2.12. The van der Waals surface area contributed by atoms with Crippen molar-refractivity contribution in [3.05, 3.63) is 200 Å². The topological polar surface area (TPSA) is 51.8 Å². The number of pyridine rings is 1. The number of hydrogen-bond donors (Lipinski definition) is 0. The molecule has 0 saturated carbocycles. The molecule has 266 valence electrons. The van der Waals surface area contributed by atoms with Gasteiger partial charge in [-0.2, -0.15) is 0 Å². The fraction of sp³-hybridized carbons (Fsp3) is 0. The van der Waals surface area contributed by atoms with Gasteiger partial charge in [-0.25, -0.2) is 15.0 Å². The van der Waals surface area contributed by atoms with Gasteiger partial charge in [-0.3, -0.25) is 0 Å². The summed E-state index contributed by atoms with van der Waals surface area (Å²) in [5.41, 5.74) is 13.8. The Balaban J connectivity index is 1.02. The van der Waals surface area contributed by atoms with Crippen LogP contribution in [0.25, 0.3) is 111 Å². The van der Waals surface area contributed by atoms with Crippen LogP contribution in [-0.2, 0) is 0 Å². The average Bonchev–Trinajstić information content (AvgIpc) is 3.69. The lowest BCUT2D eigenvalue weighted by Crippen LogP contribution is -1.96. The molecule has 0 saturated heterocycles. The minimum Gasteiger partial charge on any atom is -0.455 e. The molecule has 0 aliphatic carbocycles. The van der Waals surface area contributed by atoms with Crippen LogP contribution in [0.3, 0.4) is 0 Å². The molecule has 11 aromatic rings. The van der Waals surface area contributed by atoms with E-state index in [1.165, 1.54) is 21.9 Å². The molecule has 0 aliphatic heterocycles. The first-order chi connectivity index (χ1) is 28.2. The maximum absolute atomic E-state index is 6.69. The first-order valence-corrected chi connectivity index (χ1v) is 19.2. The van der Waals surface area contributed by atoms with Gasteiger partial charge in [0.15, 0.2) is 5.82 Å². The molecule has 0 aliphatic rings. The summed E-state index contributed by atoms with van der Waals surface area (Å²) >= 11 is 0. The molecule has 11 rings (SSSR count). The summed E-state index contributed by atoms with van der Waals surface area (Å²) in [5, 5.41) is 5.48. The third-order valence-corrected chi connectivity index (χ3v) is 10.9. The third kappa shape index (κ3) is 5.83. The van der Waals surface area contributed by atoms with Crippen LogP contribution in [0.15, 0.2) is 205 Å². The Morgan fingerprint density at radius 3 is 1.68 bits per heavy atom. The summed E-state index contributed by atoms with van der Waals surface area (Å²) in [6.07, 6.45) is 0. The van der Waals surface area contributed by atoms with Crippen molar-refractivity contribution in [1.29, 1.82) is 0 Å². The van der Waals surface area contributed by atoms with Gasteiger partial charge < -0.3 is 4.42 Å². The molecule has 4 heteroatoms. The van der Waals surface area contributed by atoms with Crippen LogP contribution in [0.2, 0.25) is 0 Å². The zero-order valence-electron chi connectivity index (χ0n) is 30.8. The second kappa shape index (κ2) is 13.6. The number of rotatable bonds is 6. The molecule has 0 amide bonds. The predicted octanol–water partition coefficient (Wildman–Crippen LogP) is 14.1. The van der Waals surface area contributed by atoms with Crippen LogP contribution in [0.4, 0.5) is 0 Å². The van der Waals surface area contributed by atoms with E-state index in [1.54, 1.807) is 0 Å². The standard InChI is InChI=1S/C53H33N3O/c1-3-12-34(13-4-1)35-22-28-40(29-23-35)53-55-47(37-15-5-2-6-16-37)33-48(56-53)38-24-26-39(27-25-38)51-50-44-19-9-10-21-49(44)57-52(50)45-32-41(30-31-46(45)54-51)43-20-11-17-36-14-7-8-18-42(36)43/h1-33H. The molecule has 0 fully saturated rings. The van der Waals surface area contributed by atoms with Gasteiger partial charge in [0, 0.05) is 33.0 Å². The van der Waals surface area contributed by atoms with Crippen LogP contribution < -0.4 is 0 Å². The van der Waals surface area contributed by atoms with Crippen LogP contribution in [0, 0.1) is 0 Å². The molecule has 0 unspecified atom stereocenters. The van der Waals surface area contributed by atoms with Gasteiger partial charge in [0.25, 0.3) is 0 Å². The van der Waals surface area contributed by atoms with E-state index in [0.717, 1.165) is 83.3 Å². The van der Waals surface area contributed by atoms with Crippen molar-refractivity contribution < 1.29 is 4.42 Å². The van der Waals surface area contributed by atoms with Gasteiger partial charge >= 0.3 is 0 Å². The lowest BCUT2D eigenvalue weighted by atomic mass is 9.96. The summed E-state index contributed by atoms with van der Waals surface area (Å²) < 4.78 is 6.69. The summed E-state index contributed by atoms with van der Waals surface area (Å²) in [7, 11) is 0. The third-order valence-electron chi connectivity index (χ3n) is 10.9. The SMILES string of the molecule is c1ccc(-c2ccc(-c3nc(-c4ccccc4)cc(-c4ccc(-c5nc6ccc(-c7cccc8ccccc78)cc6c6oc7ccccc7c56)cc4)n3)cc2)cc1. The maximum atomic E-state index is 6.69. The Bertz CT molecular complexity index is 3260. The highest BCUT2D eigenvalue weighted by atomic mass is 16.3. The molecular formula is C53H33N3O. The summed E-state index contributed by atoms with van der Waals surface area (Å²) in [6, 6.07) is 69.6. The zero-order valence-corrected chi connectivity index (χ0v) is 30.8. The first kappa shape index (κ1) is 32.7. The number of aromatic nitrogens is 3. The Morgan fingerprint density at radius 2 is 0.912 bits per heavy atom. The van der Waals surface area contributed by atoms with E-state index in [4.69, 9.17) is 19.4 Å². The summed E-state index contributed by atoms with van der Waals surface area (Å²) in [4.78, 5) is 15.5. The van der Waals surface area contributed by atoms with Gasteiger partial charge in [0.1, 0.15) is 11.2 Å². The first-order valence-electron chi connectivity index (χ1n) is 19.2. The van der Waals surface area contributed by atoms with Crippen molar-refractivity contribution in [2.75, 3.05) is 0 Å². The number of furan rings is 1. The molecule has 0 atom stereocenters. The van der Waals surface area contributed by atoms with E-state index in [-0.39, 0.29) is 0 Å². The molecule has 8 aromatic carbocycles. The maximum Gasteiger partial charge on any atom is 0.160 e. The molecule has 3 heterocycles. The van der Waals surface area contributed by atoms with Crippen LogP contribution >= 0.6 is 0 Å². The van der Waals surface area contributed by atoms with Gasteiger partial charge in [-0.1, -0.05) is 176 Å². The lowest BCUT2D eigenvalue weighted by molar-refractivity contribution is 0.672. The number of fused-ring (bicyclic) bond motifs is 6. The quantitative estimate of drug-likeness (QED) is 0.171. The Labute approximate surface area is 329 Å². The Hall–Kier alpha value is -7.69. The molecule has 3 aromatic heterocycles. The van der Waals surface area contributed by atoms with Crippen molar-refractivity contribution >= 4 is 43.6 Å². The van der Waals surface area contributed by atoms with E-state index in [0.29, 0.717) is 5.82 Å². The zero-order chi connectivity index (χ0) is 37.7. The smallest absolute Gasteiger partial charge is 0.160 e. The average molecular weight is 728 g/mol. The van der Waals surface area contributed by atoms with Crippen LogP contribution in [0.1, 0.15) is 0 Å². The normalized spacial score (nSPS) is 11.5. The van der Waals surface area contributed by atoms with E-state index < -0.39 is 0 Å². The largest absolute Gasteiger partial charge is 0.455 e. The molecule has 57 heavy (non-hydrogen) atoms. The van der Waals surface area contributed by atoms with E-state index >= 15 is 0 Å². The molecular weight excluding hydrogens is 695 g/mol. The number of nitrogens with zero attached hydrogens (tertiary/aromatic N) is 3. The predicted molar refractivity (Wildman–Crippen MR) is 235 cm³/mol. The van der Waals surface area contributed by atoms with Crippen LogP contribution in [-0.4, -0.2) is 15.0 Å². The molecule has 4 nitrogen and oxygen atoms in total. The number of para-hydroxylation sites is 1. The number of benzene rings is 8. The molecule has 0 bridgehead atoms. The van der Waals surface area contributed by atoms with Gasteiger partial charge in [0.2, 0.25) is 0 Å². The highest BCUT2D eigenvalue weighted by molar-refractivity contribution is 6.19. The van der Waals surface area contributed by atoms with Crippen molar-refractivity contribution in [2.24, 2.45) is 0 Å². The highest BCUT2D eigenvalue weighted by Crippen LogP contribution is 2.41. The monoisotopic (exact) mass is 727 g/mol. The summed E-state index contributed by atoms with van der Waals surface area (Å²) in [6.45, 7) is 0. The molecule has 0 N–H and O–H groups in total.